The van der Waals surface area contributed by atoms with Crippen LogP contribution < -0.4 is 16.0 Å². The second-order valence-corrected chi connectivity index (χ2v) is 6.63. The number of morpholine rings is 1. The minimum atomic E-state index is -0.204. The Bertz CT molecular complexity index is 523. The zero-order valence-electron chi connectivity index (χ0n) is 11.8. The molecule has 2 aliphatic rings. The molecule has 4 N–H and O–H groups in total. The normalized spacial score (nSPS) is 20.3. The first-order valence-corrected chi connectivity index (χ1v) is 7.93. The SMILES string of the molecule is Nc1nc(N2CCOCC2)sc1C(=O)NCC1(CO)CC1. The van der Waals surface area contributed by atoms with Gasteiger partial charge in [-0.3, -0.25) is 4.79 Å². The number of nitrogens with one attached hydrogen (secondary N) is 1. The molecule has 1 aliphatic heterocycles. The molecule has 0 spiro atoms. The highest BCUT2D eigenvalue weighted by atomic mass is 32.1. The molecule has 0 bridgehead atoms. The molecule has 2 fully saturated rings. The summed E-state index contributed by atoms with van der Waals surface area (Å²) in [6.45, 7) is 3.47. The Labute approximate surface area is 127 Å². The number of nitrogen functional groups attached to an aromatic ring is 1. The van der Waals surface area contributed by atoms with E-state index in [0.29, 0.717) is 24.6 Å². The number of carbonyl (C=O) groups excluding carboxylic acids is 1. The van der Waals surface area contributed by atoms with E-state index in [1.165, 1.54) is 11.3 Å². The highest BCUT2D eigenvalue weighted by Gasteiger charge is 2.42. The number of amides is 1. The van der Waals surface area contributed by atoms with Crippen molar-refractivity contribution in [3.63, 3.8) is 0 Å². The number of hydrogen-bond donors (Lipinski definition) is 3. The third-order valence-electron chi connectivity index (χ3n) is 4.05. The minimum Gasteiger partial charge on any atom is -0.396 e. The highest BCUT2D eigenvalue weighted by Crippen LogP contribution is 2.44. The van der Waals surface area contributed by atoms with E-state index >= 15 is 0 Å². The lowest BCUT2D eigenvalue weighted by molar-refractivity contribution is 0.0940. The van der Waals surface area contributed by atoms with Crippen LogP contribution in [0.4, 0.5) is 10.9 Å². The molecule has 0 aromatic carbocycles. The summed E-state index contributed by atoms with van der Waals surface area (Å²) in [6, 6.07) is 0. The number of ether oxygens (including phenoxy) is 1. The first kappa shape index (κ1) is 14.6. The van der Waals surface area contributed by atoms with Crippen molar-refractivity contribution in [3.05, 3.63) is 4.88 Å². The summed E-state index contributed by atoms with van der Waals surface area (Å²) in [5, 5.41) is 12.9. The first-order valence-electron chi connectivity index (χ1n) is 7.12. The third kappa shape index (κ3) is 3.12. The molecule has 21 heavy (non-hydrogen) atoms. The smallest absolute Gasteiger partial charge is 0.265 e. The largest absolute Gasteiger partial charge is 0.396 e. The number of aromatic nitrogens is 1. The molecule has 3 rings (SSSR count). The molecular formula is C13H20N4O3S. The van der Waals surface area contributed by atoms with Crippen LogP contribution in [0.2, 0.25) is 0 Å². The molecule has 1 amide bonds. The van der Waals surface area contributed by atoms with Gasteiger partial charge in [0, 0.05) is 25.0 Å². The summed E-state index contributed by atoms with van der Waals surface area (Å²) in [5.41, 5.74) is 5.76. The fourth-order valence-corrected chi connectivity index (χ4v) is 3.24. The van der Waals surface area contributed by atoms with Crippen molar-refractivity contribution in [1.82, 2.24) is 10.3 Å². The number of hydrogen-bond acceptors (Lipinski definition) is 7. The van der Waals surface area contributed by atoms with Crippen LogP contribution in [0.15, 0.2) is 0 Å². The minimum absolute atomic E-state index is 0.109. The van der Waals surface area contributed by atoms with E-state index in [1.54, 1.807) is 0 Å². The average molecular weight is 312 g/mol. The molecule has 1 aromatic rings. The van der Waals surface area contributed by atoms with Crippen LogP contribution in [0, 0.1) is 5.41 Å². The third-order valence-corrected chi connectivity index (χ3v) is 5.18. The second-order valence-electron chi connectivity index (χ2n) is 5.65. The predicted octanol–water partition coefficient (Wildman–Crippen LogP) is 0.0642. The molecule has 8 heteroatoms. The van der Waals surface area contributed by atoms with E-state index in [4.69, 9.17) is 10.5 Å². The molecule has 1 saturated carbocycles. The molecule has 1 aliphatic carbocycles. The molecule has 0 radical (unpaired) electrons. The summed E-state index contributed by atoms with van der Waals surface area (Å²) < 4.78 is 5.30. The fraction of sp³-hybridized carbons (Fsp3) is 0.692. The van der Waals surface area contributed by atoms with Crippen LogP contribution in [0.25, 0.3) is 0 Å². The van der Waals surface area contributed by atoms with Crippen molar-refractivity contribution in [2.45, 2.75) is 12.8 Å². The van der Waals surface area contributed by atoms with Gasteiger partial charge in [-0.15, -0.1) is 0 Å². The Morgan fingerprint density at radius 1 is 1.48 bits per heavy atom. The molecule has 2 heterocycles. The maximum absolute atomic E-state index is 12.2. The van der Waals surface area contributed by atoms with Gasteiger partial charge >= 0.3 is 0 Å². The van der Waals surface area contributed by atoms with Gasteiger partial charge in [0.2, 0.25) is 0 Å². The van der Waals surface area contributed by atoms with Crippen LogP contribution in [-0.2, 0) is 4.74 Å². The van der Waals surface area contributed by atoms with E-state index in [9.17, 15) is 9.90 Å². The van der Waals surface area contributed by atoms with Crippen molar-refractivity contribution in [3.8, 4) is 0 Å². The zero-order chi connectivity index (χ0) is 14.9. The highest BCUT2D eigenvalue weighted by molar-refractivity contribution is 7.18. The number of nitrogens with zero attached hydrogens (tertiary/aromatic N) is 2. The number of rotatable bonds is 5. The van der Waals surface area contributed by atoms with Gasteiger partial charge < -0.3 is 25.8 Å². The maximum Gasteiger partial charge on any atom is 0.265 e. The Morgan fingerprint density at radius 3 is 2.81 bits per heavy atom. The lowest BCUT2D eigenvalue weighted by Gasteiger charge is -2.25. The van der Waals surface area contributed by atoms with Gasteiger partial charge in [0.15, 0.2) is 5.13 Å². The van der Waals surface area contributed by atoms with Crippen molar-refractivity contribution in [1.29, 1.82) is 0 Å². The summed E-state index contributed by atoms with van der Waals surface area (Å²) in [7, 11) is 0. The second kappa shape index (κ2) is 5.78. The quantitative estimate of drug-likeness (QED) is 0.711. The summed E-state index contributed by atoms with van der Waals surface area (Å²) in [4.78, 5) is 19.0. The Hall–Kier alpha value is -1.38. The van der Waals surface area contributed by atoms with Gasteiger partial charge in [-0.2, -0.15) is 0 Å². The van der Waals surface area contributed by atoms with E-state index in [0.717, 1.165) is 31.1 Å². The lowest BCUT2D eigenvalue weighted by atomic mass is 10.1. The van der Waals surface area contributed by atoms with Crippen LogP contribution in [0.5, 0.6) is 0 Å². The van der Waals surface area contributed by atoms with Crippen molar-refractivity contribution in [2.75, 3.05) is 50.1 Å². The number of thiazole rings is 1. The van der Waals surface area contributed by atoms with Gasteiger partial charge in [-0.05, 0) is 12.8 Å². The van der Waals surface area contributed by atoms with E-state index in [-0.39, 0.29) is 23.7 Å². The van der Waals surface area contributed by atoms with Crippen LogP contribution in [0.1, 0.15) is 22.5 Å². The van der Waals surface area contributed by atoms with Crippen molar-refractivity contribution < 1.29 is 14.6 Å². The topological polar surface area (TPSA) is 101 Å². The zero-order valence-corrected chi connectivity index (χ0v) is 12.6. The molecule has 0 atom stereocenters. The van der Waals surface area contributed by atoms with Crippen LogP contribution >= 0.6 is 11.3 Å². The summed E-state index contributed by atoms with van der Waals surface area (Å²) in [6.07, 6.45) is 1.92. The Balaban J connectivity index is 1.64. The van der Waals surface area contributed by atoms with Gasteiger partial charge in [0.25, 0.3) is 5.91 Å². The molecule has 1 saturated heterocycles. The van der Waals surface area contributed by atoms with Gasteiger partial charge in [-0.1, -0.05) is 11.3 Å². The summed E-state index contributed by atoms with van der Waals surface area (Å²) >= 11 is 1.31. The predicted molar refractivity (Wildman–Crippen MR) is 80.6 cm³/mol. The standard InChI is InChI=1S/C13H20N4O3S/c14-10-9(11(19)15-7-13(8-18)1-2-13)21-12(16-10)17-3-5-20-6-4-17/h18H,1-8,14H2,(H,15,19). The van der Waals surface area contributed by atoms with Gasteiger partial charge in [-0.25, -0.2) is 4.98 Å². The van der Waals surface area contributed by atoms with Crippen LogP contribution in [0.3, 0.4) is 0 Å². The first-order chi connectivity index (χ1) is 10.1. The number of anilines is 2. The number of aliphatic hydroxyl groups excluding tert-OH is 1. The maximum atomic E-state index is 12.2. The molecular weight excluding hydrogens is 292 g/mol. The molecule has 1 aromatic heterocycles. The molecule has 116 valence electrons. The number of nitrogens with two attached hydrogens (primary N) is 1. The molecule has 7 nitrogen and oxygen atoms in total. The number of carbonyl (C=O) groups is 1. The van der Waals surface area contributed by atoms with E-state index in [1.807, 2.05) is 0 Å². The van der Waals surface area contributed by atoms with E-state index < -0.39 is 0 Å². The van der Waals surface area contributed by atoms with Crippen LogP contribution in [-0.4, -0.2) is 55.5 Å². The monoisotopic (exact) mass is 312 g/mol. The fourth-order valence-electron chi connectivity index (χ4n) is 2.29. The average Bonchev–Trinajstić information content (AvgIpc) is 3.20. The summed E-state index contributed by atoms with van der Waals surface area (Å²) in [5.74, 6) is 0.0667. The lowest BCUT2D eigenvalue weighted by Crippen LogP contribution is -2.36. The van der Waals surface area contributed by atoms with Gasteiger partial charge in [0.1, 0.15) is 10.7 Å². The van der Waals surface area contributed by atoms with Gasteiger partial charge in [0.05, 0.1) is 19.8 Å². The number of aliphatic hydroxyl groups is 1. The Morgan fingerprint density at radius 2 is 2.19 bits per heavy atom. The Kier molecular flexibility index (Phi) is 4.01. The van der Waals surface area contributed by atoms with E-state index in [2.05, 4.69) is 15.2 Å². The van der Waals surface area contributed by atoms with Crippen molar-refractivity contribution in [2.24, 2.45) is 5.41 Å². The molecule has 0 unspecified atom stereocenters. The van der Waals surface area contributed by atoms with Crippen molar-refractivity contribution >= 4 is 28.2 Å².